The molecule has 0 aliphatic rings. The second-order valence-electron chi connectivity index (χ2n) is 5.42. The average molecular weight is 296 g/mol. The van der Waals surface area contributed by atoms with Gasteiger partial charge in [0.25, 0.3) is 0 Å². The molecule has 0 aliphatic carbocycles. The van der Waals surface area contributed by atoms with Crippen LogP contribution >= 0.6 is 11.6 Å². The molecule has 1 rings (SSSR count). The van der Waals surface area contributed by atoms with Gasteiger partial charge in [-0.15, -0.1) is 0 Å². The van der Waals surface area contributed by atoms with Crippen molar-refractivity contribution in [2.75, 3.05) is 5.73 Å². The highest BCUT2D eigenvalue weighted by atomic mass is 35.5. The molecule has 112 valence electrons. The van der Waals surface area contributed by atoms with Gasteiger partial charge < -0.3 is 5.73 Å². The number of rotatable bonds is 10. The largest absolute Gasteiger partial charge is 0.399 e. The summed E-state index contributed by atoms with van der Waals surface area (Å²) in [6.45, 7) is 2.23. The lowest BCUT2D eigenvalue weighted by Crippen LogP contribution is -2.00. The van der Waals surface area contributed by atoms with E-state index < -0.39 is 0 Å². The Hall–Kier alpha value is -1.02. The maximum atomic E-state index is 12.0. The van der Waals surface area contributed by atoms with E-state index >= 15 is 0 Å². The van der Waals surface area contributed by atoms with Crippen LogP contribution in [0.3, 0.4) is 0 Å². The number of anilines is 1. The van der Waals surface area contributed by atoms with E-state index in [0.717, 1.165) is 12.8 Å². The standard InChI is InChI=1S/C17H26ClNO/c1-2-3-4-5-6-7-8-9-10-17(20)14-11-15(18)13-16(19)12-14/h11-13H,2-10,19H2,1H3. The minimum Gasteiger partial charge on any atom is -0.399 e. The molecule has 0 aromatic heterocycles. The van der Waals surface area contributed by atoms with Crippen LogP contribution in [-0.2, 0) is 0 Å². The van der Waals surface area contributed by atoms with Crippen LogP contribution in [0.2, 0.25) is 5.02 Å². The summed E-state index contributed by atoms with van der Waals surface area (Å²) in [6.07, 6.45) is 10.5. The van der Waals surface area contributed by atoms with Crippen LogP contribution in [0.25, 0.3) is 0 Å². The van der Waals surface area contributed by atoms with E-state index in [1.54, 1.807) is 18.2 Å². The Labute approximate surface area is 127 Å². The lowest BCUT2D eigenvalue weighted by atomic mass is 10.0. The van der Waals surface area contributed by atoms with Gasteiger partial charge in [0.1, 0.15) is 0 Å². The van der Waals surface area contributed by atoms with Crippen molar-refractivity contribution in [1.82, 2.24) is 0 Å². The monoisotopic (exact) mass is 295 g/mol. The van der Waals surface area contributed by atoms with Crippen molar-refractivity contribution < 1.29 is 4.79 Å². The summed E-state index contributed by atoms with van der Waals surface area (Å²) < 4.78 is 0. The Morgan fingerprint density at radius 2 is 1.60 bits per heavy atom. The van der Waals surface area contributed by atoms with Gasteiger partial charge in [0, 0.05) is 22.7 Å². The second kappa shape index (κ2) is 9.82. The van der Waals surface area contributed by atoms with Crippen molar-refractivity contribution in [3.05, 3.63) is 28.8 Å². The van der Waals surface area contributed by atoms with Crippen LogP contribution in [0.1, 0.15) is 75.1 Å². The molecule has 0 saturated carbocycles. The van der Waals surface area contributed by atoms with Crippen molar-refractivity contribution in [1.29, 1.82) is 0 Å². The molecule has 2 N–H and O–H groups in total. The molecule has 0 fully saturated rings. The maximum absolute atomic E-state index is 12.0. The van der Waals surface area contributed by atoms with Gasteiger partial charge in [-0.05, 0) is 24.6 Å². The molecule has 0 amide bonds. The fraction of sp³-hybridized carbons (Fsp3) is 0.588. The number of carbonyl (C=O) groups is 1. The third-order valence-corrected chi connectivity index (χ3v) is 3.72. The first-order chi connectivity index (χ1) is 9.63. The Morgan fingerprint density at radius 1 is 1.00 bits per heavy atom. The molecule has 0 heterocycles. The highest BCUT2D eigenvalue weighted by molar-refractivity contribution is 6.31. The van der Waals surface area contributed by atoms with E-state index in [4.69, 9.17) is 17.3 Å². The maximum Gasteiger partial charge on any atom is 0.163 e. The molecule has 1 aromatic carbocycles. The SMILES string of the molecule is CCCCCCCCCCC(=O)c1cc(N)cc(Cl)c1. The van der Waals surface area contributed by atoms with Crippen LogP contribution in [0.4, 0.5) is 5.69 Å². The molecule has 0 radical (unpaired) electrons. The van der Waals surface area contributed by atoms with Gasteiger partial charge in [0.05, 0.1) is 0 Å². The van der Waals surface area contributed by atoms with Crippen molar-refractivity contribution in [2.24, 2.45) is 0 Å². The first kappa shape index (κ1) is 17.0. The first-order valence-electron chi connectivity index (χ1n) is 7.72. The molecule has 3 heteroatoms. The van der Waals surface area contributed by atoms with Crippen LogP contribution in [-0.4, -0.2) is 5.78 Å². The zero-order valence-electron chi connectivity index (χ0n) is 12.5. The first-order valence-corrected chi connectivity index (χ1v) is 8.10. The molecule has 1 aromatic rings. The lowest BCUT2D eigenvalue weighted by Gasteiger charge is -2.04. The number of hydrogen-bond donors (Lipinski definition) is 1. The Bertz CT molecular complexity index is 397. The molecule has 0 aliphatic heterocycles. The molecule has 0 bridgehead atoms. The van der Waals surface area contributed by atoms with Crippen LogP contribution in [0.15, 0.2) is 18.2 Å². The van der Waals surface area contributed by atoms with Gasteiger partial charge in [-0.25, -0.2) is 0 Å². The smallest absolute Gasteiger partial charge is 0.163 e. The Morgan fingerprint density at radius 3 is 2.20 bits per heavy atom. The highest BCUT2D eigenvalue weighted by Gasteiger charge is 2.07. The van der Waals surface area contributed by atoms with Gasteiger partial charge in [-0.3, -0.25) is 4.79 Å². The molecular formula is C17H26ClNO. The zero-order valence-corrected chi connectivity index (χ0v) is 13.2. The topological polar surface area (TPSA) is 43.1 Å². The summed E-state index contributed by atoms with van der Waals surface area (Å²) in [5.74, 6) is 0.144. The number of hydrogen-bond acceptors (Lipinski definition) is 2. The number of Topliss-reactive ketones (excluding diaryl/α,β-unsaturated/α-hetero) is 1. The Kier molecular flexibility index (Phi) is 8.36. The van der Waals surface area contributed by atoms with Crippen LogP contribution in [0, 0.1) is 0 Å². The summed E-state index contributed by atoms with van der Waals surface area (Å²) in [5, 5.41) is 0.532. The predicted octanol–water partition coefficient (Wildman–Crippen LogP) is 5.64. The lowest BCUT2D eigenvalue weighted by molar-refractivity contribution is 0.0979. The van der Waals surface area contributed by atoms with E-state index in [1.165, 1.54) is 38.5 Å². The fourth-order valence-electron chi connectivity index (χ4n) is 2.34. The van der Waals surface area contributed by atoms with Gasteiger partial charge in [0.2, 0.25) is 0 Å². The van der Waals surface area contributed by atoms with E-state index in [2.05, 4.69) is 6.92 Å². The number of nitrogen functional groups attached to an aromatic ring is 1. The molecule has 0 atom stereocenters. The molecule has 0 saturated heterocycles. The number of unbranched alkanes of at least 4 members (excludes halogenated alkanes) is 7. The summed E-state index contributed by atoms with van der Waals surface area (Å²) in [6, 6.07) is 5.07. The summed E-state index contributed by atoms with van der Waals surface area (Å²) in [5.41, 5.74) is 6.88. The fourth-order valence-corrected chi connectivity index (χ4v) is 2.58. The summed E-state index contributed by atoms with van der Waals surface area (Å²) in [7, 11) is 0. The van der Waals surface area contributed by atoms with E-state index in [-0.39, 0.29) is 5.78 Å². The third kappa shape index (κ3) is 6.95. The van der Waals surface area contributed by atoms with Crippen molar-refractivity contribution >= 4 is 23.1 Å². The van der Waals surface area contributed by atoms with E-state index in [1.807, 2.05) is 0 Å². The van der Waals surface area contributed by atoms with Crippen molar-refractivity contribution in [3.8, 4) is 0 Å². The number of nitrogens with two attached hydrogens (primary N) is 1. The summed E-state index contributed by atoms with van der Waals surface area (Å²) in [4.78, 5) is 12.0. The number of benzene rings is 1. The van der Waals surface area contributed by atoms with Gasteiger partial charge >= 0.3 is 0 Å². The van der Waals surface area contributed by atoms with Gasteiger partial charge in [-0.2, -0.15) is 0 Å². The molecule has 0 unspecified atom stereocenters. The van der Waals surface area contributed by atoms with E-state index in [0.29, 0.717) is 22.7 Å². The van der Waals surface area contributed by atoms with Gasteiger partial charge in [0.15, 0.2) is 5.78 Å². The van der Waals surface area contributed by atoms with Crippen LogP contribution in [0.5, 0.6) is 0 Å². The number of halogens is 1. The molecule has 0 spiro atoms. The normalized spacial score (nSPS) is 10.7. The van der Waals surface area contributed by atoms with Gasteiger partial charge in [-0.1, -0.05) is 63.5 Å². The quantitative estimate of drug-likeness (QED) is 0.345. The minimum atomic E-state index is 0.144. The third-order valence-electron chi connectivity index (χ3n) is 3.50. The zero-order chi connectivity index (χ0) is 14.8. The van der Waals surface area contributed by atoms with Crippen LogP contribution < -0.4 is 5.73 Å². The van der Waals surface area contributed by atoms with Crippen molar-refractivity contribution in [3.63, 3.8) is 0 Å². The number of carbonyl (C=O) groups excluding carboxylic acids is 1. The predicted molar refractivity (Wildman–Crippen MR) is 87.4 cm³/mol. The average Bonchev–Trinajstić information content (AvgIpc) is 2.40. The molecular weight excluding hydrogens is 270 g/mol. The summed E-state index contributed by atoms with van der Waals surface area (Å²) >= 11 is 5.91. The van der Waals surface area contributed by atoms with E-state index in [9.17, 15) is 4.79 Å². The molecule has 20 heavy (non-hydrogen) atoms. The Balaban J connectivity index is 2.17. The second-order valence-corrected chi connectivity index (χ2v) is 5.86. The number of ketones is 1. The minimum absolute atomic E-state index is 0.144. The molecule has 2 nitrogen and oxygen atoms in total. The highest BCUT2D eigenvalue weighted by Crippen LogP contribution is 2.19. The van der Waals surface area contributed by atoms with Crippen molar-refractivity contribution in [2.45, 2.75) is 64.7 Å².